The summed E-state index contributed by atoms with van der Waals surface area (Å²) in [6.45, 7) is 2.46. The Labute approximate surface area is 128 Å². The normalized spacial score (nSPS) is 10.2. The molecular weight excluding hydrogens is 295 g/mol. The Hall–Kier alpha value is -1.71. The Balaban J connectivity index is 2.20. The van der Waals surface area contributed by atoms with Crippen LogP contribution in [0.1, 0.15) is 6.92 Å². The van der Waals surface area contributed by atoms with Crippen LogP contribution < -0.4 is 10.2 Å². The molecule has 0 radical (unpaired) electrons. The van der Waals surface area contributed by atoms with Crippen LogP contribution in [0.3, 0.4) is 0 Å². The molecule has 104 valence electrons. The number of halogens is 2. The van der Waals surface area contributed by atoms with Crippen molar-refractivity contribution < 1.29 is 4.79 Å². The Bertz CT molecular complexity index is 602. The number of benzene rings is 2. The Morgan fingerprint density at radius 1 is 1.15 bits per heavy atom. The number of hydrogen-bond donors (Lipinski definition) is 1. The van der Waals surface area contributed by atoms with E-state index < -0.39 is 0 Å². The molecule has 0 spiro atoms. The van der Waals surface area contributed by atoms with Crippen LogP contribution in [-0.2, 0) is 0 Å². The van der Waals surface area contributed by atoms with Crippen molar-refractivity contribution in [1.29, 1.82) is 0 Å². The summed E-state index contributed by atoms with van der Waals surface area (Å²) in [4.78, 5) is 13.9. The second-order valence-corrected chi connectivity index (χ2v) is 4.98. The number of para-hydroxylation sites is 1. The summed E-state index contributed by atoms with van der Waals surface area (Å²) in [5.41, 5.74) is 1.32. The average Bonchev–Trinajstić information content (AvgIpc) is 2.45. The molecule has 0 saturated heterocycles. The van der Waals surface area contributed by atoms with E-state index in [0.29, 0.717) is 22.3 Å². The van der Waals surface area contributed by atoms with Crippen molar-refractivity contribution in [2.75, 3.05) is 16.8 Å². The van der Waals surface area contributed by atoms with E-state index in [2.05, 4.69) is 5.32 Å². The van der Waals surface area contributed by atoms with E-state index in [-0.39, 0.29) is 6.03 Å². The number of carbonyl (C=O) groups is 1. The van der Waals surface area contributed by atoms with Crippen molar-refractivity contribution in [2.45, 2.75) is 6.92 Å². The van der Waals surface area contributed by atoms with Gasteiger partial charge in [-0.05, 0) is 37.3 Å². The lowest BCUT2D eigenvalue weighted by Crippen LogP contribution is -2.34. The van der Waals surface area contributed by atoms with Gasteiger partial charge in [-0.1, -0.05) is 41.4 Å². The molecule has 0 aliphatic rings. The van der Waals surface area contributed by atoms with Crippen LogP contribution in [0.5, 0.6) is 0 Å². The number of amides is 2. The summed E-state index contributed by atoms with van der Waals surface area (Å²) in [6, 6.07) is 14.1. The minimum absolute atomic E-state index is 0.247. The number of hydrogen-bond acceptors (Lipinski definition) is 1. The molecule has 2 amide bonds. The number of carbonyl (C=O) groups excluding carboxylic acids is 1. The van der Waals surface area contributed by atoms with Crippen LogP contribution in [-0.4, -0.2) is 12.6 Å². The summed E-state index contributed by atoms with van der Waals surface area (Å²) in [7, 11) is 0. The largest absolute Gasteiger partial charge is 0.326 e. The molecule has 0 heterocycles. The summed E-state index contributed by atoms with van der Waals surface area (Å²) < 4.78 is 0. The predicted octanol–water partition coefficient (Wildman–Crippen LogP) is 5.05. The summed E-state index contributed by atoms with van der Waals surface area (Å²) in [6.07, 6.45) is 0. The molecule has 0 saturated carbocycles. The molecule has 3 nitrogen and oxygen atoms in total. The first-order valence-corrected chi connectivity index (χ1v) is 6.96. The highest BCUT2D eigenvalue weighted by Crippen LogP contribution is 2.26. The Morgan fingerprint density at radius 2 is 1.85 bits per heavy atom. The molecule has 0 unspecified atom stereocenters. The van der Waals surface area contributed by atoms with Crippen molar-refractivity contribution in [3.8, 4) is 0 Å². The summed E-state index contributed by atoms with van der Waals surface area (Å²) in [5.74, 6) is 0. The van der Waals surface area contributed by atoms with Crippen LogP contribution in [0.25, 0.3) is 0 Å². The second-order valence-electron chi connectivity index (χ2n) is 4.13. The van der Waals surface area contributed by atoms with Gasteiger partial charge in [-0.15, -0.1) is 0 Å². The highest BCUT2D eigenvalue weighted by atomic mass is 35.5. The molecule has 0 bridgehead atoms. The standard InChI is InChI=1S/C15H14Cl2N2O/c1-2-19(12-6-4-3-5-7-12)15(20)18-14-10-11(16)8-9-13(14)17/h3-10H,2H2,1H3,(H,18,20). The van der Waals surface area contributed by atoms with Gasteiger partial charge in [-0.25, -0.2) is 4.79 Å². The summed E-state index contributed by atoms with van der Waals surface area (Å²) >= 11 is 11.9. The topological polar surface area (TPSA) is 32.3 Å². The SMILES string of the molecule is CCN(C(=O)Nc1cc(Cl)ccc1Cl)c1ccccc1. The third-order valence-electron chi connectivity index (χ3n) is 2.80. The third kappa shape index (κ3) is 3.44. The van der Waals surface area contributed by atoms with Gasteiger partial charge in [0.15, 0.2) is 0 Å². The molecule has 0 aliphatic carbocycles. The fraction of sp³-hybridized carbons (Fsp3) is 0.133. The maximum atomic E-state index is 12.3. The Morgan fingerprint density at radius 3 is 2.50 bits per heavy atom. The van der Waals surface area contributed by atoms with Crippen molar-refractivity contribution in [1.82, 2.24) is 0 Å². The van der Waals surface area contributed by atoms with Crippen LogP contribution in [0.2, 0.25) is 10.0 Å². The highest BCUT2D eigenvalue weighted by Gasteiger charge is 2.15. The molecule has 0 atom stereocenters. The molecule has 0 aliphatic heterocycles. The van der Waals surface area contributed by atoms with Gasteiger partial charge >= 0.3 is 6.03 Å². The minimum atomic E-state index is -0.247. The lowest BCUT2D eigenvalue weighted by Gasteiger charge is -2.21. The van der Waals surface area contributed by atoms with E-state index >= 15 is 0 Å². The zero-order valence-electron chi connectivity index (χ0n) is 10.9. The number of urea groups is 1. The number of anilines is 2. The first kappa shape index (κ1) is 14.7. The first-order chi connectivity index (χ1) is 9.61. The Kier molecular flexibility index (Phi) is 4.88. The van der Waals surface area contributed by atoms with Crippen LogP contribution >= 0.6 is 23.2 Å². The van der Waals surface area contributed by atoms with Crippen LogP contribution in [0, 0.1) is 0 Å². The monoisotopic (exact) mass is 308 g/mol. The van der Waals surface area contributed by atoms with Crippen LogP contribution in [0.4, 0.5) is 16.2 Å². The molecule has 5 heteroatoms. The van der Waals surface area contributed by atoms with Crippen molar-refractivity contribution >= 4 is 40.6 Å². The molecular formula is C15H14Cl2N2O. The van der Waals surface area contributed by atoms with Gasteiger partial charge in [0.1, 0.15) is 0 Å². The molecule has 0 fully saturated rings. The van der Waals surface area contributed by atoms with E-state index in [1.165, 1.54) is 0 Å². The van der Waals surface area contributed by atoms with Gasteiger partial charge in [0.25, 0.3) is 0 Å². The highest BCUT2D eigenvalue weighted by molar-refractivity contribution is 6.35. The number of nitrogens with zero attached hydrogens (tertiary/aromatic N) is 1. The minimum Gasteiger partial charge on any atom is -0.306 e. The molecule has 2 rings (SSSR count). The van der Waals surface area contributed by atoms with Gasteiger partial charge in [0.2, 0.25) is 0 Å². The number of nitrogens with one attached hydrogen (secondary N) is 1. The van der Waals surface area contributed by atoms with Gasteiger partial charge in [0.05, 0.1) is 10.7 Å². The van der Waals surface area contributed by atoms with Gasteiger partial charge in [0, 0.05) is 17.3 Å². The maximum absolute atomic E-state index is 12.3. The van der Waals surface area contributed by atoms with Crippen molar-refractivity contribution in [2.24, 2.45) is 0 Å². The predicted molar refractivity (Wildman–Crippen MR) is 84.9 cm³/mol. The molecule has 1 N–H and O–H groups in total. The molecule has 2 aromatic carbocycles. The van der Waals surface area contributed by atoms with Crippen LogP contribution in [0.15, 0.2) is 48.5 Å². The lowest BCUT2D eigenvalue weighted by atomic mass is 10.3. The van der Waals surface area contributed by atoms with Crippen molar-refractivity contribution in [3.05, 3.63) is 58.6 Å². The zero-order chi connectivity index (χ0) is 14.5. The quantitative estimate of drug-likeness (QED) is 0.845. The van der Waals surface area contributed by atoms with E-state index in [1.54, 1.807) is 23.1 Å². The van der Waals surface area contributed by atoms with Gasteiger partial charge < -0.3 is 5.32 Å². The molecule has 0 aromatic heterocycles. The smallest absolute Gasteiger partial charge is 0.306 e. The van der Waals surface area contributed by atoms with Crippen molar-refractivity contribution in [3.63, 3.8) is 0 Å². The second kappa shape index (κ2) is 6.64. The van der Waals surface area contributed by atoms with E-state index in [4.69, 9.17) is 23.2 Å². The number of rotatable bonds is 3. The zero-order valence-corrected chi connectivity index (χ0v) is 12.4. The maximum Gasteiger partial charge on any atom is 0.326 e. The van der Waals surface area contributed by atoms with E-state index in [0.717, 1.165) is 5.69 Å². The van der Waals surface area contributed by atoms with Gasteiger partial charge in [-0.3, -0.25) is 4.90 Å². The molecule has 20 heavy (non-hydrogen) atoms. The fourth-order valence-electron chi connectivity index (χ4n) is 1.83. The summed E-state index contributed by atoms with van der Waals surface area (Å²) in [5, 5.41) is 3.74. The molecule has 2 aromatic rings. The van der Waals surface area contributed by atoms with E-state index in [1.807, 2.05) is 37.3 Å². The van der Waals surface area contributed by atoms with Gasteiger partial charge in [-0.2, -0.15) is 0 Å². The lowest BCUT2D eigenvalue weighted by molar-refractivity contribution is 0.257. The van der Waals surface area contributed by atoms with E-state index in [9.17, 15) is 4.79 Å². The average molecular weight is 309 g/mol. The third-order valence-corrected chi connectivity index (χ3v) is 3.36. The first-order valence-electron chi connectivity index (χ1n) is 6.20. The fourth-order valence-corrected chi connectivity index (χ4v) is 2.16.